The van der Waals surface area contributed by atoms with E-state index in [4.69, 9.17) is 14.2 Å². The Labute approximate surface area is 478 Å². The van der Waals surface area contributed by atoms with E-state index in [1.807, 2.05) is 0 Å². The predicted octanol–water partition coefficient (Wildman–Crippen LogP) is 22.9. The highest BCUT2D eigenvalue weighted by Crippen LogP contribution is 2.17. The highest BCUT2D eigenvalue weighted by atomic mass is 16.6. The van der Waals surface area contributed by atoms with Crippen LogP contribution in [0, 0.1) is 0 Å². The van der Waals surface area contributed by atoms with Crippen molar-refractivity contribution in [3.05, 3.63) is 72.9 Å². The van der Waals surface area contributed by atoms with Gasteiger partial charge in [0.15, 0.2) is 6.10 Å². The van der Waals surface area contributed by atoms with Gasteiger partial charge >= 0.3 is 17.9 Å². The van der Waals surface area contributed by atoms with Crippen LogP contribution in [-0.4, -0.2) is 37.2 Å². The molecule has 0 bridgehead atoms. The zero-order valence-corrected chi connectivity index (χ0v) is 51.2. The standard InChI is InChI=1S/C71H126O6/c1-4-7-10-13-16-19-22-25-28-30-32-33-34-35-36-37-39-40-43-46-49-52-55-58-61-64-70(73)76-67-68(66-75-69(72)63-60-57-54-51-48-45-42-27-24-21-18-15-12-9-6-3)77-71(74)65-62-59-56-53-50-47-44-41-38-31-29-26-23-20-17-14-11-8-5-2/h17-18,20-21,26-27,29-30,32,38,41-42,68H,4-16,19,22-25,28,31,33-37,39-40,43-67H2,1-3H3/b20-17-,21-18-,29-26-,32-30-,41-38-,42-27-. The molecule has 77 heavy (non-hydrogen) atoms. The zero-order valence-electron chi connectivity index (χ0n) is 51.2. The van der Waals surface area contributed by atoms with Gasteiger partial charge in [0, 0.05) is 19.3 Å². The van der Waals surface area contributed by atoms with Crippen LogP contribution in [0.25, 0.3) is 0 Å². The molecule has 0 saturated heterocycles. The minimum atomic E-state index is -0.790. The van der Waals surface area contributed by atoms with Gasteiger partial charge in [-0.15, -0.1) is 0 Å². The van der Waals surface area contributed by atoms with Crippen molar-refractivity contribution in [1.29, 1.82) is 0 Å². The fraction of sp³-hybridized carbons (Fsp3) is 0.789. The van der Waals surface area contributed by atoms with Crippen molar-refractivity contribution in [2.75, 3.05) is 13.2 Å². The summed E-state index contributed by atoms with van der Waals surface area (Å²) in [6.45, 7) is 6.61. The topological polar surface area (TPSA) is 78.9 Å². The maximum atomic E-state index is 12.9. The highest BCUT2D eigenvalue weighted by molar-refractivity contribution is 5.71. The Balaban J connectivity index is 4.33. The third-order valence-corrected chi connectivity index (χ3v) is 14.7. The maximum Gasteiger partial charge on any atom is 0.306 e. The molecule has 0 N–H and O–H groups in total. The van der Waals surface area contributed by atoms with Gasteiger partial charge in [0.05, 0.1) is 0 Å². The first-order valence-electron chi connectivity index (χ1n) is 33.4. The van der Waals surface area contributed by atoms with Crippen molar-refractivity contribution in [3.63, 3.8) is 0 Å². The Kier molecular flexibility index (Phi) is 62.7. The molecule has 1 unspecified atom stereocenters. The fourth-order valence-electron chi connectivity index (χ4n) is 9.59. The lowest BCUT2D eigenvalue weighted by Crippen LogP contribution is -2.30. The molecule has 0 spiro atoms. The van der Waals surface area contributed by atoms with Crippen LogP contribution < -0.4 is 0 Å². The first kappa shape index (κ1) is 73.8. The largest absolute Gasteiger partial charge is 0.462 e. The van der Waals surface area contributed by atoms with Crippen molar-refractivity contribution in [3.8, 4) is 0 Å². The first-order valence-corrected chi connectivity index (χ1v) is 33.4. The molecule has 0 rings (SSSR count). The number of allylic oxidation sites excluding steroid dienone is 12. The molecule has 0 amide bonds. The Morgan fingerprint density at radius 1 is 0.260 bits per heavy atom. The van der Waals surface area contributed by atoms with Crippen LogP contribution in [0.2, 0.25) is 0 Å². The number of esters is 3. The summed E-state index contributed by atoms with van der Waals surface area (Å²) in [6, 6.07) is 0. The number of carbonyl (C=O) groups is 3. The third-order valence-electron chi connectivity index (χ3n) is 14.7. The van der Waals surface area contributed by atoms with Gasteiger partial charge in [0.25, 0.3) is 0 Å². The average Bonchev–Trinajstić information content (AvgIpc) is 3.43. The van der Waals surface area contributed by atoms with E-state index < -0.39 is 6.10 Å². The molecular weight excluding hydrogens is 949 g/mol. The summed E-state index contributed by atoms with van der Waals surface area (Å²) in [5.41, 5.74) is 0. The van der Waals surface area contributed by atoms with Crippen LogP contribution in [0.15, 0.2) is 72.9 Å². The van der Waals surface area contributed by atoms with Gasteiger partial charge in [0.2, 0.25) is 0 Å². The van der Waals surface area contributed by atoms with E-state index in [9.17, 15) is 14.4 Å². The number of ether oxygens (including phenoxy) is 3. The van der Waals surface area contributed by atoms with Crippen LogP contribution in [-0.2, 0) is 28.6 Å². The van der Waals surface area contributed by atoms with Crippen LogP contribution in [0.3, 0.4) is 0 Å². The molecule has 0 saturated carbocycles. The lowest BCUT2D eigenvalue weighted by molar-refractivity contribution is -0.167. The quantitative estimate of drug-likeness (QED) is 0.0261. The van der Waals surface area contributed by atoms with E-state index in [0.717, 1.165) is 103 Å². The Bertz CT molecular complexity index is 1420. The van der Waals surface area contributed by atoms with E-state index >= 15 is 0 Å². The molecule has 1 atom stereocenters. The fourth-order valence-corrected chi connectivity index (χ4v) is 9.59. The third kappa shape index (κ3) is 63.6. The predicted molar refractivity (Wildman–Crippen MR) is 335 cm³/mol. The number of hydrogen-bond donors (Lipinski definition) is 0. The SMILES string of the molecule is CCCCC/C=C\C/C=C\C/C=C\CCCCCCCCC(=O)OC(COC(=O)CCCCCCC/C=C\C/C=C\CCCCC)COC(=O)CCCCCCCCCCCCCCC/C=C\CCCCCCCCCC. The highest BCUT2D eigenvalue weighted by Gasteiger charge is 2.19. The maximum absolute atomic E-state index is 12.9. The molecule has 0 aromatic heterocycles. The average molecular weight is 1080 g/mol. The molecule has 6 nitrogen and oxygen atoms in total. The van der Waals surface area contributed by atoms with E-state index in [1.54, 1.807) is 0 Å². The summed E-state index contributed by atoms with van der Waals surface area (Å²) in [5.74, 6) is -0.895. The zero-order chi connectivity index (χ0) is 55.7. The monoisotopic (exact) mass is 1070 g/mol. The molecule has 6 heteroatoms. The van der Waals surface area contributed by atoms with Gasteiger partial charge < -0.3 is 14.2 Å². The van der Waals surface area contributed by atoms with Crippen molar-refractivity contribution < 1.29 is 28.6 Å². The molecular formula is C71H126O6. The van der Waals surface area contributed by atoms with Gasteiger partial charge in [-0.3, -0.25) is 14.4 Å². The van der Waals surface area contributed by atoms with E-state index in [0.29, 0.717) is 19.3 Å². The number of carbonyl (C=O) groups excluding carboxylic acids is 3. The minimum Gasteiger partial charge on any atom is -0.462 e. The summed E-state index contributed by atoms with van der Waals surface area (Å²) in [7, 11) is 0. The molecule has 446 valence electrons. The smallest absolute Gasteiger partial charge is 0.306 e. The van der Waals surface area contributed by atoms with E-state index in [-0.39, 0.29) is 31.1 Å². The first-order chi connectivity index (χ1) is 38.0. The van der Waals surface area contributed by atoms with Gasteiger partial charge in [-0.25, -0.2) is 0 Å². The lowest BCUT2D eigenvalue weighted by atomic mass is 10.0. The van der Waals surface area contributed by atoms with Gasteiger partial charge in [0.1, 0.15) is 13.2 Å². The minimum absolute atomic E-state index is 0.0837. The van der Waals surface area contributed by atoms with Gasteiger partial charge in [-0.1, -0.05) is 280 Å². The second-order valence-corrected chi connectivity index (χ2v) is 22.4. The van der Waals surface area contributed by atoms with Crippen LogP contribution in [0.4, 0.5) is 0 Å². The Morgan fingerprint density at radius 3 is 0.766 bits per heavy atom. The summed E-state index contributed by atoms with van der Waals surface area (Å²) >= 11 is 0. The second-order valence-electron chi connectivity index (χ2n) is 22.4. The van der Waals surface area contributed by atoms with Gasteiger partial charge in [-0.05, 0) is 116 Å². The van der Waals surface area contributed by atoms with Crippen molar-refractivity contribution in [2.24, 2.45) is 0 Å². The van der Waals surface area contributed by atoms with Crippen molar-refractivity contribution in [2.45, 2.75) is 348 Å². The van der Waals surface area contributed by atoms with Crippen LogP contribution >= 0.6 is 0 Å². The number of hydrogen-bond acceptors (Lipinski definition) is 6. The summed E-state index contributed by atoms with van der Waals surface area (Å²) < 4.78 is 16.9. The van der Waals surface area contributed by atoms with E-state index in [2.05, 4.69) is 93.7 Å². The van der Waals surface area contributed by atoms with Crippen LogP contribution in [0.1, 0.15) is 342 Å². The normalized spacial score (nSPS) is 12.5. The van der Waals surface area contributed by atoms with Crippen LogP contribution in [0.5, 0.6) is 0 Å². The Morgan fingerprint density at radius 2 is 0.468 bits per heavy atom. The Hall–Kier alpha value is -3.15. The molecule has 0 aliphatic heterocycles. The van der Waals surface area contributed by atoms with Crippen molar-refractivity contribution in [1.82, 2.24) is 0 Å². The summed E-state index contributed by atoms with van der Waals surface area (Å²) in [4.78, 5) is 38.4. The summed E-state index contributed by atoms with van der Waals surface area (Å²) in [6.07, 6.45) is 84.8. The lowest BCUT2D eigenvalue weighted by Gasteiger charge is -2.18. The molecule has 0 aromatic rings. The van der Waals surface area contributed by atoms with E-state index in [1.165, 1.54) is 199 Å². The number of rotatable bonds is 61. The van der Waals surface area contributed by atoms with Gasteiger partial charge in [-0.2, -0.15) is 0 Å². The molecule has 0 heterocycles. The molecule has 0 fully saturated rings. The second kappa shape index (κ2) is 65.4. The molecule has 0 aliphatic carbocycles. The summed E-state index contributed by atoms with van der Waals surface area (Å²) in [5, 5.41) is 0. The van der Waals surface area contributed by atoms with Crippen molar-refractivity contribution >= 4 is 17.9 Å². The molecule has 0 radical (unpaired) electrons. The number of unbranched alkanes of at least 4 members (excludes halogenated alkanes) is 38. The molecule has 0 aromatic carbocycles. The molecule has 0 aliphatic rings.